The number of anilines is 1. The van der Waals surface area contributed by atoms with Crippen molar-refractivity contribution < 1.29 is 19.5 Å². The second-order valence-corrected chi connectivity index (χ2v) is 4.35. The van der Waals surface area contributed by atoms with Crippen LogP contribution >= 0.6 is 0 Å². The van der Waals surface area contributed by atoms with Crippen LogP contribution in [0.3, 0.4) is 0 Å². The van der Waals surface area contributed by atoms with Crippen LogP contribution in [-0.4, -0.2) is 40.9 Å². The SMILES string of the molecule is O=C(CN1CCCC1=O)Nc1cccc(C(=O)O)c1. The molecule has 0 atom stereocenters. The molecule has 2 amide bonds. The van der Waals surface area contributed by atoms with E-state index in [-0.39, 0.29) is 23.9 Å². The number of aromatic carboxylic acids is 1. The largest absolute Gasteiger partial charge is 0.478 e. The zero-order valence-corrected chi connectivity index (χ0v) is 10.3. The summed E-state index contributed by atoms with van der Waals surface area (Å²) >= 11 is 0. The normalized spacial score (nSPS) is 14.5. The molecular formula is C13H14N2O4. The smallest absolute Gasteiger partial charge is 0.335 e. The van der Waals surface area contributed by atoms with Crippen molar-refractivity contribution in [2.45, 2.75) is 12.8 Å². The van der Waals surface area contributed by atoms with E-state index in [2.05, 4.69) is 5.32 Å². The van der Waals surface area contributed by atoms with Gasteiger partial charge in [-0.1, -0.05) is 6.07 Å². The molecule has 6 heteroatoms. The highest BCUT2D eigenvalue weighted by molar-refractivity contribution is 5.96. The third-order valence-corrected chi connectivity index (χ3v) is 2.90. The summed E-state index contributed by atoms with van der Waals surface area (Å²) in [6, 6.07) is 5.99. The molecule has 2 N–H and O–H groups in total. The minimum atomic E-state index is -1.05. The van der Waals surface area contributed by atoms with Crippen LogP contribution < -0.4 is 5.32 Å². The van der Waals surface area contributed by atoms with Gasteiger partial charge in [0.1, 0.15) is 0 Å². The standard InChI is InChI=1S/C13H14N2O4/c16-11(8-15-6-2-5-12(15)17)14-10-4-1-3-9(7-10)13(18)19/h1,3-4,7H,2,5-6,8H2,(H,14,16)(H,18,19). The third kappa shape index (κ3) is 3.31. The number of amides is 2. The first-order chi connectivity index (χ1) is 9.06. The molecule has 19 heavy (non-hydrogen) atoms. The number of rotatable bonds is 4. The summed E-state index contributed by atoms with van der Waals surface area (Å²) in [6.45, 7) is 0.609. The Morgan fingerprint density at radius 2 is 2.16 bits per heavy atom. The number of carbonyl (C=O) groups excluding carboxylic acids is 2. The van der Waals surface area contributed by atoms with Gasteiger partial charge in [0.25, 0.3) is 0 Å². The van der Waals surface area contributed by atoms with Crippen molar-refractivity contribution >= 4 is 23.5 Å². The van der Waals surface area contributed by atoms with Gasteiger partial charge >= 0.3 is 5.97 Å². The van der Waals surface area contributed by atoms with Gasteiger partial charge in [-0.05, 0) is 24.6 Å². The maximum Gasteiger partial charge on any atom is 0.335 e. The predicted octanol–water partition coefficient (Wildman–Crippen LogP) is 0.946. The van der Waals surface area contributed by atoms with Crippen molar-refractivity contribution in [1.29, 1.82) is 0 Å². The zero-order valence-electron chi connectivity index (χ0n) is 10.3. The van der Waals surface area contributed by atoms with E-state index in [1.807, 2.05) is 0 Å². The Hall–Kier alpha value is -2.37. The number of hydrogen-bond acceptors (Lipinski definition) is 3. The van der Waals surface area contributed by atoms with Crippen LogP contribution in [0.25, 0.3) is 0 Å². The number of nitrogens with one attached hydrogen (secondary N) is 1. The molecule has 0 bridgehead atoms. The zero-order chi connectivity index (χ0) is 13.8. The van der Waals surface area contributed by atoms with Crippen molar-refractivity contribution in [2.24, 2.45) is 0 Å². The van der Waals surface area contributed by atoms with Crippen molar-refractivity contribution in [2.75, 3.05) is 18.4 Å². The Labute approximate surface area is 110 Å². The Bertz CT molecular complexity index is 527. The van der Waals surface area contributed by atoms with Gasteiger partial charge in [0.15, 0.2) is 0 Å². The Morgan fingerprint density at radius 1 is 1.37 bits per heavy atom. The van der Waals surface area contributed by atoms with Gasteiger partial charge in [0.2, 0.25) is 11.8 Å². The van der Waals surface area contributed by atoms with Crippen LogP contribution in [-0.2, 0) is 9.59 Å². The number of carbonyl (C=O) groups is 3. The van der Waals surface area contributed by atoms with Gasteiger partial charge in [0.05, 0.1) is 12.1 Å². The monoisotopic (exact) mass is 262 g/mol. The van der Waals surface area contributed by atoms with Crippen LogP contribution in [0.2, 0.25) is 0 Å². The summed E-state index contributed by atoms with van der Waals surface area (Å²) < 4.78 is 0. The van der Waals surface area contributed by atoms with Crippen molar-refractivity contribution in [3.05, 3.63) is 29.8 Å². The van der Waals surface area contributed by atoms with E-state index in [1.165, 1.54) is 17.0 Å². The number of likely N-dealkylation sites (tertiary alicyclic amines) is 1. The van der Waals surface area contributed by atoms with Gasteiger partial charge in [-0.25, -0.2) is 4.79 Å². The molecule has 1 aliphatic rings. The van der Waals surface area contributed by atoms with Crippen molar-refractivity contribution in [3.63, 3.8) is 0 Å². The van der Waals surface area contributed by atoms with E-state index in [1.54, 1.807) is 12.1 Å². The van der Waals surface area contributed by atoms with E-state index in [9.17, 15) is 14.4 Å². The van der Waals surface area contributed by atoms with Crippen LogP contribution in [0.15, 0.2) is 24.3 Å². The molecule has 0 unspecified atom stereocenters. The summed E-state index contributed by atoms with van der Waals surface area (Å²) in [6.07, 6.45) is 1.27. The average molecular weight is 262 g/mol. The molecule has 0 aliphatic carbocycles. The minimum absolute atomic E-state index is 0.0101. The molecule has 1 aliphatic heterocycles. The highest BCUT2D eigenvalue weighted by atomic mass is 16.4. The topological polar surface area (TPSA) is 86.7 Å². The first kappa shape index (κ1) is 13.1. The molecule has 2 rings (SSSR count). The fourth-order valence-electron chi connectivity index (χ4n) is 1.98. The summed E-state index contributed by atoms with van der Waals surface area (Å²) in [4.78, 5) is 35.4. The fourth-order valence-corrected chi connectivity index (χ4v) is 1.98. The predicted molar refractivity (Wildman–Crippen MR) is 67.8 cm³/mol. The minimum Gasteiger partial charge on any atom is -0.478 e. The maximum atomic E-state index is 11.7. The lowest BCUT2D eigenvalue weighted by molar-refractivity contribution is -0.131. The first-order valence-corrected chi connectivity index (χ1v) is 5.97. The molecule has 0 radical (unpaired) electrons. The van der Waals surface area contributed by atoms with Gasteiger partial charge < -0.3 is 15.3 Å². The van der Waals surface area contributed by atoms with E-state index in [0.29, 0.717) is 18.7 Å². The molecule has 1 heterocycles. The number of nitrogens with zero attached hydrogens (tertiary/aromatic N) is 1. The molecule has 1 aromatic carbocycles. The van der Waals surface area contributed by atoms with Crippen molar-refractivity contribution in [1.82, 2.24) is 4.90 Å². The molecule has 1 aromatic rings. The molecule has 0 aromatic heterocycles. The highest BCUT2D eigenvalue weighted by Crippen LogP contribution is 2.12. The lowest BCUT2D eigenvalue weighted by Gasteiger charge is -2.15. The quantitative estimate of drug-likeness (QED) is 0.845. The first-order valence-electron chi connectivity index (χ1n) is 5.97. The van der Waals surface area contributed by atoms with Crippen LogP contribution in [0, 0.1) is 0 Å². The summed E-state index contributed by atoms with van der Waals surface area (Å²) in [5.41, 5.74) is 0.520. The molecule has 0 spiro atoms. The van der Waals surface area contributed by atoms with Crippen LogP contribution in [0.4, 0.5) is 5.69 Å². The number of carboxylic acids is 1. The molecule has 100 valence electrons. The summed E-state index contributed by atoms with van der Waals surface area (Å²) in [7, 11) is 0. The van der Waals surface area contributed by atoms with Crippen molar-refractivity contribution in [3.8, 4) is 0 Å². The second-order valence-electron chi connectivity index (χ2n) is 4.35. The Balaban J connectivity index is 1.97. The van der Waals surface area contributed by atoms with Gasteiger partial charge in [-0.3, -0.25) is 9.59 Å². The van der Waals surface area contributed by atoms with Gasteiger partial charge in [-0.2, -0.15) is 0 Å². The lowest BCUT2D eigenvalue weighted by Crippen LogP contribution is -2.33. The van der Waals surface area contributed by atoms with Crippen LogP contribution in [0.1, 0.15) is 23.2 Å². The van der Waals surface area contributed by atoms with E-state index >= 15 is 0 Å². The summed E-state index contributed by atoms with van der Waals surface area (Å²) in [5, 5.41) is 11.4. The van der Waals surface area contributed by atoms with Gasteiger partial charge in [0, 0.05) is 18.7 Å². The molecule has 1 saturated heterocycles. The molecule has 6 nitrogen and oxygen atoms in total. The van der Waals surface area contributed by atoms with Gasteiger partial charge in [-0.15, -0.1) is 0 Å². The van der Waals surface area contributed by atoms with E-state index in [4.69, 9.17) is 5.11 Å². The summed E-state index contributed by atoms with van der Waals surface area (Å²) in [5.74, 6) is -1.39. The number of benzene rings is 1. The molecular weight excluding hydrogens is 248 g/mol. The lowest BCUT2D eigenvalue weighted by atomic mass is 10.2. The van der Waals surface area contributed by atoms with E-state index < -0.39 is 5.97 Å². The Morgan fingerprint density at radius 3 is 2.79 bits per heavy atom. The number of hydrogen-bond donors (Lipinski definition) is 2. The molecule has 1 fully saturated rings. The highest BCUT2D eigenvalue weighted by Gasteiger charge is 2.22. The fraction of sp³-hybridized carbons (Fsp3) is 0.308. The van der Waals surface area contributed by atoms with Crippen LogP contribution in [0.5, 0.6) is 0 Å². The second kappa shape index (κ2) is 5.51. The van der Waals surface area contributed by atoms with E-state index in [0.717, 1.165) is 6.42 Å². The third-order valence-electron chi connectivity index (χ3n) is 2.90. The number of carboxylic acid groups (broad SMARTS) is 1. The Kier molecular flexibility index (Phi) is 3.79. The average Bonchev–Trinajstić information content (AvgIpc) is 2.75. The maximum absolute atomic E-state index is 11.7. The molecule has 0 saturated carbocycles.